The molecule has 1 aliphatic heterocycles. The molecule has 108 valence electrons. The Labute approximate surface area is 125 Å². The predicted octanol–water partition coefficient (Wildman–Crippen LogP) is 2.48. The Bertz CT molecular complexity index is 513. The second kappa shape index (κ2) is 6.85. The van der Waals surface area contributed by atoms with E-state index in [2.05, 4.69) is 26.6 Å². The number of amides is 1. The second-order valence-electron chi connectivity index (χ2n) is 4.98. The molecule has 1 atom stereocenters. The summed E-state index contributed by atoms with van der Waals surface area (Å²) in [6.45, 7) is 2.01. The fraction of sp³-hybridized carbons (Fsp3) is 0.429. The maximum absolute atomic E-state index is 11.9. The number of hydrogen-bond donors (Lipinski definition) is 3. The van der Waals surface area contributed by atoms with Crippen molar-refractivity contribution in [3.05, 3.63) is 28.2 Å². The van der Waals surface area contributed by atoms with E-state index in [1.165, 1.54) is 12.1 Å². The van der Waals surface area contributed by atoms with Crippen LogP contribution in [0.1, 0.15) is 29.6 Å². The summed E-state index contributed by atoms with van der Waals surface area (Å²) >= 11 is 3.24. The molecule has 0 saturated carbocycles. The average molecular weight is 341 g/mol. The maximum Gasteiger partial charge on any atom is 0.335 e. The third-order valence-electron chi connectivity index (χ3n) is 3.37. The summed E-state index contributed by atoms with van der Waals surface area (Å²) in [5.74, 6) is -0.525. The first-order valence-electron chi connectivity index (χ1n) is 6.59. The minimum Gasteiger partial charge on any atom is -0.478 e. The van der Waals surface area contributed by atoms with Crippen LogP contribution in [0.15, 0.2) is 22.7 Å². The normalized spacial score (nSPS) is 17.9. The Hall–Kier alpha value is -1.40. The van der Waals surface area contributed by atoms with Crippen LogP contribution in [-0.4, -0.2) is 30.1 Å². The fourth-order valence-electron chi connectivity index (χ4n) is 2.30. The first kappa shape index (κ1) is 15.0. The van der Waals surface area contributed by atoms with E-state index in [4.69, 9.17) is 5.11 Å². The Morgan fingerprint density at radius 1 is 1.40 bits per heavy atom. The number of anilines is 1. The quantitative estimate of drug-likeness (QED) is 0.769. The number of carboxylic acids is 1. The van der Waals surface area contributed by atoms with Crippen LogP contribution in [-0.2, 0) is 4.79 Å². The first-order chi connectivity index (χ1) is 9.54. The van der Waals surface area contributed by atoms with E-state index in [1.54, 1.807) is 6.07 Å². The zero-order valence-corrected chi connectivity index (χ0v) is 12.6. The minimum atomic E-state index is -1.01. The number of carbonyl (C=O) groups is 2. The summed E-state index contributed by atoms with van der Waals surface area (Å²) in [6.07, 6.45) is 2.44. The van der Waals surface area contributed by atoms with Gasteiger partial charge in [-0.1, -0.05) is 15.9 Å². The topological polar surface area (TPSA) is 78.4 Å². The van der Waals surface area contributed by atoms with Crippen molar-refractivity contribution in [2.45, 2.75) is 19.3 Å². The number of nitrogens with one attached hydrogen (secondary N) is 2. The van der Waals surface area contributed by atoms with Crippen molar-refractivity contribution >= 4 is 33.5 Å². The van der Waals surface area contributed by atoms with Crippen molar-refractivity contribution in [1.29, 1.82) is 0 Å². The molecule has 0 bridgehead atoms. The Balaban J connectivity index is 1.91. The molecule has 0 aromatic heterocycles. The zero-order valence-electron chi connectivity index (χ0n) is 11.0. The van der Waals surface area contributed by atoms with Crippen LogP contribution in [0.25, 0.3) is 0 Å². The molecule has 20 heavy (non-hydrogen) atoms. The van der Waals surface area contributed by atoms with Gasteiger partial charge in [-0.3, -0.25) is 4.79 Å². The molecule has 1 aliphatic rings. The second-order valence-corrected chi connectivity index (χ2v) is 5.90. The van der Waals surface area contributed by atoms with Gasteiger partial charge >= 0.3 is 5.97 Å². The molecule has 0 spiro atoms. The van der Waals surface area contributed by atoms with Crippen LogP contribution in [0.2, 0.25) is 0 Å². The van der Waals surface area contributed by atoms with E-state index < -0.39 is 5.97 Å². The van der Waals surface area contributed by atoms with E-state index in [9.17, 15) is 9.59 Å². The standard InChI is InChI=1S/C14H17BrN2O3/c15-11-5-10(14(19)20)6-12(7-11)17-13(18)2-1-9-3-4-16-8-9/h5-7,9,16H,1-4,8H2,(H,17,18)(H,19,20). The summed E-state index contributed by atoms with van der Waals surface area (Å²) in [5, 5.41) is 15.0. The van der Waals surface area contributed by atoms with Gasteiger partial charge in [0.25, 0.3) is 0 Å². The largest absolute Gasteiger partial charge is 0.478 e. The highest BCUT2D eigenvalue weighted by Crippen LogP contribution is 2.21. The van der Waals surface area contributed by atoms with Crippen LogP contribution >= 0.6 is 15.9 Å². The molecule has 3 N–H and O–H groups in total. The molecular formula is C14H17BrN2O3. The lowest BCUT2D eigenvalue weighted by atomic mass is 10.0. The summed E-state index contributed by atoms with van der Waals surface area (Å²) in [7, 11) is 0. The van der Waals surface area contributed by atoms with Gasteiger partial charge in [0.15, 0.2) is 0 Å². The monoisotopic (exact) mass is 340 g/mol. The highest BCUT2D eigenvalue weighted by atomic mass is 79.9. The minimum absolute atomic E-state index is 0.0775. The van der Waals surface area contributed by atoms with Crippen LogP contribution in [0.3, 0.4) is 0 Å². The van der Waals surface area contributed by atoms with Gasteiger partial charge in [-0.05, 0) is 50.0 Å². The molecular weight excluding hydrogens is 324 g/mol. The molecule has 1 saturated heterocycles. The maximum atomic E-state index is 11.9. The Morgan fingerprint density at radius 3 is 2.85 bits per heavy atom. The number of halogens is 1. The summed E-state index contributed by atoms with van der Waals surface area (Å²) in [4.78, 5) is 22.8. The van der Waals surface area contributed by atoms with Gasteiger partial charge in [-0.15, -0.1) is 0 Å². The van der Waals surface area contributed by atoms with E-state index >= 15 is 0 Å². The number of carboxylic acid groups (broad SMARTS) is 1. The van der Waals surface area contributed by atoms with Crippen molar-refractivity contribution in [3.63, 3.8) is 0 Å². The lowest BCUT2D eigenvalue weighted by Gasteiger charge is -2.09. The highest BCUT2D eigenvalue weighted by molar-refractivity contribution is 9.10. The van der Waals surface area contributed by atoms with E-state index in [0.29, 0.717) is 22.5 Å². The van der Waals surface area contributed by atoms with Crippen molar-refractivity contribution in [3.8, 4) is 0 Å². The van der Waals surface area contributed by atoms with Crippen LogP contribution in [0, 0.1) is 5.92 Å². The molecule has 6 heteroatoms. The van der Waals surface area contributed by atoms with Gasteiger partial charge in [0.2, 0.25) is 5.91 Å². The van der Waals surface area contributed by atoms with Crippen molar-refractivity contribution in [2.75, 3.05) is 18.4 Å². The molecule has 1 amide bonds. The lowest BCUT2D eigenvalue weighted by molar-refractivity contribution is -0.116. The first-order valence-corrected chi connectivity index (χ1v) is 7.38. The molecule has 0 radical (unpaired) electrons. The van der Waals surface area contributed by atoms with E-state index in [-0.39, 0.29) is 11.5 Å². The van der Waals surface area contributed by atoms with Gasteiger partial charge in [0, 0.05) is 16.6 Å². The molecule has 5 nitrogen and oxygen atoms in total. The molecule has 1 heterocycles. The number of hydrogen-bond acceptors (Lipinski definition) is 3. The van der Waals surface area contributed by atoms with E-state index in [0.717, 1.165) is 25.9 Å². The third-order valence-corrected chi connectivity index (χ3v) is 3.83. The summed E-state index contributed by atoms with van der Waals surface area (Å²) in [5.41, 5.74) is 0.654. The highest BCUT2D eigenvalue weighted by Gasteiger charge is 2.16. The number of aromatic carboxylic acids is 1. The molecule has 1 aromatic rings. The fourth-order valence-corrected chi connectivity index (χ4v) is 2.80. The van der Waals surface area contributed by atoms with Crippen molar-refractivity contribution in [2.24, 2.45) is 5.92 Å². The van der Waals surface area contributed by atoms with E-state index in [1.807, 2.05) is 0 Å². The molecule has 1 unspecified atom stereocenters. The van der Waals surface area contributed by atoms with Crippen LogP contribution in [0.5, 0.6) is 0 Å². The molecule has 0 aliphatic carbocycles. The van der Waals surface area contributed by atoms with Gasteiger partial charge < -0.3 is 15.7 Å². The number of carbonyl (C=O) groups excluding carboxylic acids is 1. The van der Waals surface area contributed by atoms with Gasteiger partial charge in [0.05, 0.1) is 5.56 Å². The molecule has 2 rings (SSSR count). The molecule has 1 fully saturated rings. The average Bonchev–Trinajstić information content (AvgIpc) is 2.88. The smallest absolute Gasteiger partial charge is 0.335 e. The van der Waals surface area contributed by atoms with Crippen molar-refractivity contribution < 1.29 is 14.7 Å². The van der Waals surface area contributed by atoms with Crippen LogP contribution in [0.4, 0.5) is 5.69 Å². The summed E-state index contributed by atoms with van der Waals surface area (Å²) < 4.78 is 0.632. The summed E-state index contributed by atoms with van der Waals surface area (Å²) in [6, 6.07) is 4.66. The number of benzene rings is 1. The Morgan fingerprint density at radius 2 is 2.20 bits per heavy atom. The van der Waals surface area contributed by atoms with Gasteiger partial charge in [0.1, 0.15) is 0 Å². The van der Waals surface area contributed by atoms with Gasteiger partial charge in [-0.25, -0.2) is 4.79 Å². The van der Waals surface area contributed by atoms with Crippen LogP contribution < -0.4 is 10.6 Å². The Kier molecular flexibility index (Phi) is 5.14. The van der Waals surface area contributed by atoms with Gasteiger partial charge in [-0.2, -0.15) is 0 Å². The zero-order chi connectivity index (χ0) is 14.5. The predicted molar refractivity (Wildman–Crippen MR) is 79.9 cm³/mol. The SMILES string of the molecule is O=C(CCC1CCNC1)Nc1cc(Br)cc(C(=O)O)c1. The lowest BCUT2D eigenvalue weighted by Crippen LogP contribution is -2.15. The molecule has 1 aromatic carbocycles. The number of rotatable bonds is 5. The third kappa shape index (κ3) is 4.31. The van der Waals surface area contributed by atoms with Crippen molar-refractivity contribution in [1.82, 2.24) is 5.32 Å².